The van der Waals surface area contributed by atoms with Crippen molar-refractivity contribution >= 4 is 5.69 Å². The number of aryl methyl sites for hydroxylation is 3. The monoisotopic (exact) mass is 239 g/mol. The molecule has 1 aliphatic rings. The summed E-state index contributed by atoms with van der Waals surface area (Å²) < 4.78 is 5.94. The van der Waals surface area contributed by atoms with Crippen molar-refractivity contribution in [3.63, 3.8) is 0 Å². The molecule has 2 N–H and O–H groups in total. The summed E-state index contributed by atoms with van der Waals surface area (Å²) in [6, 6.07) is 12.2. The van der Waals surface area contributed by atoms with E-state index >= 15 is 0 Å². The second kappa shape index (κ2) is 4.37. The largest absolute Gasteiger partial charge is 0.455 e. The van der Waals surface area contributed by atoms with Gasteiger partial charge >= 0.3 is 0 Å². The predicted molar refractivity (Wildman–Crippen MR) is 74.1 cm³/mol. The number of hydrogen-bond acceptors (Lipinski definition) is 2. The number of benzene rings is 2. The highest BCUT2D eigenvalue weighted by Crippen LogP contribution is 2.33. The first-order valence-electron chi connectivity index (χ1n) is 6.39. The van der Waals surface area contributed by atoms with Crippen LogP contribution in [0, 0.1) is 6.92 Å². The number of ether oxygens (including phenoxy) is 1. The number of rotatable bonds is 2. The molecule has 2 aromatic rings. The molecule has 0 radical (unpaired) electrons. The Labute approximate surface area is 107 Å². The quantitative estimate of drug-likeness (QED) is 0.808. The van der Waals surface area contributed by atoms with E-state index in [4.69, 9.17) is 10.5 Å². The fraction of sp³-hybridized carbons (Fsp3) is 0.250. The smallest absolute Gasteiger partial charge is 0.153 e. The van der Waals surface area contributed by atoms with E-state index in [0.29, 0.717) is 5.69 Å². The maximum absolute atomic E-state index is 5.96. The van der Waals surface area contributed by atoms with Gasteiger partial charge in [0.25, 0.3) is 0 Å². The lowest BCUT2D eigenvalue weighted by Crippen LogP contribution is -1.95. The summed E-state index contributed by atoms with van der Waals surface area (Å²) in [7, 11) is 0. The summed E-state index contributed by atoms with van der Waals surface area (Å²) in [5.74, 6) is 1.66. The van der Waals surface area contributed by atoms with Gasteiger partial charge in [0, 0.05) is 0 Å². The van der Waals surface area contributed by atoms with Gasteiger partial charge in [-0.05, 0) is 61.1 Å². The Hall–Kier alpha value is -1.96. The third kappa shape index (κ3) is 1.94. The zero-order chi connectivity index (χ0) is 12.5. The van der Waals surface area contributed by atoms with Crippen LogP contribution >= 0.6 is 0 Å². The van der Waals surface area contributed by atoms with Crippen molar-refractivity contribution in [3.8, 4) is 11.5 Å². The summed E-state index contributed by atoms with van der Waals surface area (Å²) in [6.45, 7) is 2.01. The highest BCUT2D eigenvalue weighted by atomic mass is 16.5. The van der Waals surface area contributed by atoms with Crippen LogP contribution in [0.1, 0.15) is 23.1 Å². The highest BCUT2D eigenvalue weighted by molar-refractivity contribution is 5.58. The molecule has 0 amide bonds. The van der Waals surface area contributed by atoms with Crippen molar-refractivity contribution in [2.24, 2.45) is 0 Å². The SMILES string of the molecule is Cc1cccc(N)c1Oc1ccc2c(c1)CCC2. The van der Waals surface area contributed by atoms with Crippen molar-refractivity contribution in [2.45, 2.75) is 26.2 Å². The molecule has 0 unspecified atom stereocenters. The van der Waals surface area contributed by atoms with E-state index in [1.807, 2.05) is 31.2 Å². The zero-order valence-electron chi connectivity index (χ0n) is 10.6. The maximum Gasteiger partial charge on any atom is 0.153 e. The van der Waals surface area contributed by atoms with Crippen LogP contribution in [-0.2, 0) is 12.8 Å². The van der Waals surface area contributed by atoms with Crippen LogP contribution in [0.4, 0.5) is 5.69 Å². The minimum absolute atomic E-state index is 0.690. The van der Waals surface area contributed by atoms with E-state index in [2.05, 4.69) is 12.1 Å². The Morgan fingerprint density at radius 1 is 1.06 bits per heavy atom. The van der Waals surface area contributed by atoms with Gasteiger partial charge in [0.15, 0.2) is 5.75 Å². The lowest BCUT2D eigenvalue weighted by Gasteiger charge is -2.12. The van der Waals surface area contributed by atoms with Crippen molar-refractivity contribution in [1.82, 2.24) is 0 Å². The van der Waals surface area contributed by atoms with E-state index < -0.39 is 0 Å². The lowest BCUT2D eigenvalue weighted by molar-refractivity contribution is 0.481. The minimum Gasteiger partial charge on any atom is -0.455 e. The molecule has 0 aliphatic heterocycles. The average Bonchev–Trinajstić information content (AvgIpc) is 2.81. The Balaban J connectivity index is 1.93. The number of anilines is 1. The number of hydrogen-bond donors (Lipinski definition) is 1. The van der Waals surface area contributed by atoms with Gasteiger partial charge in [0.2, 0.25) is 0 Å². The number of para-hydroxylation sites is 1. The highest BCUT2D eigenvalue weighted by Gasteiger charge is 2.12. The summed E-state index contributed by atoms with van der Waals surface area (Å²) >= 11 is 0. The zero-order valence-corrected chi connectivity index (χ0v) is 10.6. The molecular weight excluding hydrogens is 222 g/mol. The van der Waals surface area contributed by atoms with Gasteiger partial charge in [0.1, 0.15) is 5.75 Å². The summed E-state index contributed by atoms with van der Waals surface area (Å²) in [5.41, 5.74) is 10.6. The van der Waals surface area contributed by atoms with Crippen LogP contribution < -0.4 is 10.5 Å². The van der Waals surface area contributed by atoms with Gasteiger partial charge < -0.3 is 10.5 Å². The molecule has 1 aliphatic carbocycles. The first kappa shape index (κ1) is 11.1. The molecule has 92 valence electrons. The Morgan fingerprint density at radius 3 is 2.72 bits per heavy atom. The van der Waals surface area contributed by atoms with Crippen LogP contribution in [0.25, 0.3) is 0 Å². The third-order valence-electron chi connectivity index (χ3n) is 3.53. The minimum atomic E-state index is 0.690. The topological polar surface area (TPSA) is 35.2 Å². The average molecular weight is 239 g/mol. The Morgan fingerprint density at radius 2 is 1.89 bits per heavy atom. The van der Waals surface area contributed by atoms with Crippen molar-refractivity contribution in [3.05, 3.63) is 53.1 Å². The third-order valence-corrected chi connectivity index (χ3v) is 3.53. The van der Waals surface area contributed by atoms with E-state index in [-0.39, 0.29) is 0 Å². The molecule has 0 aromatic heterocycles. The number of fused-ring (bicyclic) bond motifs is 1. The first-order valence-corrected chi connectivity index (χ1v) is 6.39. The van der Waals surface area contributed by atoms with E-state index in [1.54, 1.807) is 0 Å². The van der Waals surface area contributed by atoms with Gasteiger partial charge in [-0.15, -0.1) is 0 Å². The first-order chi connectivity index (χ1) is 8.74. The second-order valence-corrected chi connectivity index (χ2v) is 4.88. The van der Waals surface area contributed by atoms with E-state index in [0.717, 1.165) is 23.5 Å². The fourth-order valence-corrected chi connectivity index (χ4v) is 2.54. The van der Waals surface area contributed by atoms with Crippen LogP contribution in [-0.4, -0.2) is 0 Å². The molecule has 0 saturated carbocycles. The molecule has 18 heavy (non-hydrogen) atoms. The van der Waals surface area contributed by atoms with Gasteiger partial charge in [-0.1, -0.05) is 18.2 Å². The lowest BCUT2D eigenvalue weighted by atomic mass is 10.1. The van der Waals surface area contributed by atoms with Crippen molar-refractivity contribution in [1.29, 1.82) is 0 Å². The predicted octanol–water partition coefficient (Wildman–Crippen LogP) is 3.86. The van der Waals surface area contributed by atoms with E-state index in [1.165, 1.54) is 24.0 Å². The van der Waals surface area contributed by atoms with Gasteiger partial charge in [-0.2, -0.15) is 0 Å². The van der Waals surface area contributed by atoms with Crippen molar-refractivity contribution in [2.75, 3.05) is 5.73 Å². The van der Waals surface area contributed by atoms with Crippen molar-refractivity contribution < 1.29 is 4.74 Å². The normalized spacial score (nSPS) is 13.4. The van der Waals surface area contributed by atoms with E-state index in [9.17, 15) is 0 Å². The summed E-state index contributed by atoms with van der Waals surface area (Å²) in [4.78, 5) is 0. The number of nitrogen functional groups attached to an aromatic ring is 1. The van der Waals surface area contributed by atoms with Gasteiger partial charge in [-0.25, -0.2) is 0 Å². The molecule has 2 heteroatoms. The molecule has 2 aromatic carbocycles. The van der Waals surface area contributed by atoms with Crippen LogP contribution in [0.3, 0.4) is 0 Å². The molecule has 0 spiro atoms. The summed E-state index contributed by atoms with van der Waals surface area (Å²) in [6.07, 6.45) is 3.61. The van der Waals surface area contributed by atoms with Gasteiger partial charge in [-0.3, -0.25) is 0 Å². The molecule has 0 bridgehead atoms. The molecular formula is C16H17NO. The number of nitrogens with two attached hydrogens (primary N) is 1. The second-order valence-electron chi connectivity index (χ2n) is 4.88. The standard InChI is InChI=1S/C16H17NO/c1-11-4-2-7-15(17)16(11)18-14-9-8-12-5-3-6-13(12)10-14/h2,4,7-10H,3,5-6,17H2,1H3. The summed E-state index contributed by atoms with van der Waals surface area (Å²) in [5, 5.41) is 0. The molecule has 0 saturated heterocycles. The molecule has 3 rings (SSSR count). The fourth-order valence-electron chi connectivity index (χ4n) is 2.54. The molecule has 0 heterocycles. The van der Waals surface area contributed by atoms with Crippen LogP contribution in [0.15, 0.2) is 36.4 Å². The van der Waals surface area contributed by atoms with Crippen LogP contribution in [0.5, 0.6) is 11.5 Å². The van der Waals surface area contributed by atoms with Gasteiger partial charge in [0.05, 0.1) is 5.69 Å². The molecule has 0 fully saturated rings. The van der Waals surface area contributed by atoms with Crippen LogP contribution in [0.2, 0.25) is 0 Å². The Kier molecular flexibility index (Phi) is 2.71. The Bertz CT molecular complexity index is 569. The maximum atomic E-state index is 5.96. The molecule has 0 atom stereocenters. The molecule has 2 nitrogen and oxygen atoms in total.